The van der Waals surface area contributed by atoms with Gasteiger partial charge in [-0.2, -0.15) is 5.10 Å². The summed E-state index contributed by atoms with van der Waals surface area (Å²) in [6.07, 6.45) is 5.67. The summed E-state index contributed by atoms with van der Waals surface area (Å²) >= 11 is 0. The number of rotatable bonds is 2. The Bertz CT molecular complexity index is 1030. The van der Waals surface area contributed by atoms with Gasteiger partial charge in [-0.05, 0) is 63.3 Å². The molecule has 0 amide bonds. The van der Waals surface area contributed by atoms with E-state index >= 15 is 0 Å². The van der Waals surface area contributed by atoms with Crippen LogP contribution in [0.15, 0.2) is 54.9 Å². The van der Waals surface area contributed by atoms with Crippen LogP contribution in [0.4, 0.5) is 4.39 Å². The van der Waals surface area contributed by atoms with Crippen LogP contribution < -0.4 is 0 Å². The number of benzene rings is 1. The number of nitrogens with zero attached hydrogens (tertiary/aromatic N) is 3. The van der Waals surface area contributed by atoms with E-state index in [-0.39, 0.29) is 5.82 Å². The Morgan fingerprint density at radius 1 is 1.17 bits per heavy atom. The molecule has 1 fully saturated rings. The largest absolute Gasteiger partial charge is 0.337 e. The summed E-state index contributed by atoms with van der Waals surface area (Å²) in [7, 11) is 2.14. The standard InChI is InChI=1S/C11H8N4O.C7H7F.C4H9N/c16-6-9-3-7-1-2-10(15-11(7)14-9)8-4-12-13-5-8;1-6-4-2-3-5-7(6)8;1-5-3-2-4-5/h1-6H,(H,12,13)(H,14,15);2-5H,1H3;2-4H2,1H3. The first-order valence-corrected chi connectivity index (χ1v) is 9.40. The van der Waals surface area contributed by atoms with Crippen LogP contribution in [0.25, 0.3) is 22.3 Å². The van der Waals surface area contributed by atoms with Crippen molar-refractivity contribution in [2.24, 2.45) is 0 Å². The Hall–Kier alpha value is -3.32. The maximum absolute atomic E-state index is 12.3. The summed E-state index contributed by atoms with van der Waals surface area (Å²) in [4.78, 5) is 20.3. The third-order valence-corrected chi connectivity index (χ3v) is 4.58. The molecule has 1 aliphatic heterocycles. The average Bonchev–Trinajstić information content (AvgIpc) is 3.38. The van der Waals surface area contributed by atoms with Crippen LogP contribution in [0.3, 0.4) is 0 Å². The van der Waals surface area contributed by atoms with Crippen molar-refractivity contribution >= 4 is 17.3 Å². The number of fused-ring (bicyclic) bond motifs is 1. The van der Waals surface area contributed by atoms with Crippen LogP contribution in [-0.4, -0.2) is 51.5 Å². The number of aldehydes is 1. The Balaban J connectivity index is 0.000000153. The van der Waals surface area contributed by atoms with Crippen LogP contribution in [-0.2, 0) is 0 Å². The second-order valence-electron chi connectivity index (χ2n) is 6.87. The minimum atomic E-state index is -0.132. The number of likely N-dealkylation sites (tertiary alicyclic amines) is 1. The van der Waals surface area contributed by atoms with Gasteiger partial charge in [0.05, 0.1) is 17.6 Å². The van der Waals surface area contributed by atoms with Gasteiger partial charge in [-0.25, -0.2) is 9.37 Å². The highest BCUT2D eigenvalue weighted by Crippen LogP contribution is 2.19. The summed E-state index contributed by atoms with van der Waals surface area (Å²) < 4.78 is 12.3. The van der Waals surface area contributed by atoms with E-state index in [1.165, 1.54) is 25.6 Å². The van der Waals surface area contributed by atoms with Gasteiger partial charge in [0.15, 0.2) is 6.29 Å². The van der Waals surface area contributed by atoms with Crippen LogP contribution in [0.5, 0.6) is 0 Å². The Morgan fingerprint density at radius 2 is 1.93 bits per heavy atom. The molecule has 29 heavy (non-hydrogen) atoms. The predicted molar refractivity (Wildman–Crippen MR) is 112 cm³/mol. The number of nitrogens with one attached hydrogen (secondary N) is 2. The number of hydrogen-bond donors (Lipinski definition) is 2. The molecule has 3 aromatic heterocycles. The summed E-state index contributed by atoms with van der Waals surface area (Å²) in [6.45, 7) is 4.38. The molecule has 0 spiro atoms. The molecule has 150 valence electrons. The van der Waals surface area contributed by atoms with Crippen LogP contribution in [0, 0.1) is 12.7 Å². The molecule has 1 aromatic carbocycles. The van der Waals surface area contributed by atoms with E-state index in [0.29, 0.717) is 16.9 Å². The highest BCUT2D eigenvalue weighted by molar-refractivity contribution is 5.86. The third kappa shape index (κ3) is 5.58. The van der Waals surface area contributed by atoms with Crippen LogP contribution in [0.1, 0.15) is 22.5 Å². The lowest BCUT2D eigenvalue weighted by Gasteiger charge is -2.24. The topological polar surface area (TPSA) is 77.7 Å². The zero-order valence-corrected chi connectivity index (χ0v) is 16.5. The zero-order valence-electron chi connectivity index (χ0n) is 16.5. The fourth-order valence-corrected chi connectivity index (χ4v) is 2.67. The van der Waals surface area contributed by atoms with E-state index in [2.05, 4.69) is 32.1 Å². The van der Waals surface area contributed by atoms with Gasteiger partial charge in [-0.1, -0.05) is 18.2 Å². The monoisotopic (exact) mass is 393 g/mol. The first kappa shape index (κ1) is 20.4. The lowest BCUT2D eigenvalue weighted by molar-refractivity contribution is 0.111. The molecule has 5 rings (SSSR count). The molecule has 7 heteroatoms. The van der Waals surface area contributed by atoms with Gasteiger partial charge in [-0.3, -0.25) is 9.89 Å². The van der Waals surface area contributed by atoms with Gasteiger partial charge >= 0.3 is 0 Å². The first-order chi connectivity index (χ1) is 14.1. The second-order valence-corrected chi connectivity index (χ2v) is 6.87. The van der Waals surface area contributed by atoms with Crippen molar-refractivity contribution in [2.45, 2.75) is 13.3 Å². The van der Waals surface area contributed by atoms with Gasteiger partial charge in [0, 0.05) is 17.1 Å². The van der Waals surface area contributed by atoms with Gasteiger partial charge in [-0.15, -0.1) is 0 Å². The van der Waals surface area contributed by atoms with Crippen molar-refractivity contribution in [3.63, 3.8) is 0 Å². The molecule has 0 aliphatic carbocycles. The van der Waals surface area contributed by atoms with E-state index in [9.17, 15) is 9.18 Å². The minimum absolute atomic E-state index is 0.132. The highest BCUT2D eigenvalue weighted by Gasteiger charge is 2.05. The van der Waals surface area contributed by atoms with Crippen molar-refractivity contribution in [1.29, 1.82) is 0 Å². The van der Waals surface area contributed by atoms with Crippen LogP contribution >= 0.6 is 0 Å². The summed E-state index contributed by atoms with van der Waals surface area (Å²) in [5, 5.41) is 7.53. The predicted octanol–water partition coefficient (Wildman–Crippen LogP) is 4.22. The highest BCUT2D eigenvalue weighted by atomic mass is 19.1. The van der Waals surface area contributed by atoms with E-state index in [1.807, 2.05) is 18.2 Å². The molecule has 4 heterocycles. The molecule has 4 aromatic rings. The lowest BCUT2D eigenvalue weighted by atomic mass is 10.2. The molecule has 1 aliphatic rings. The number of aryl methyl sites for hydroxylation is 1. The van der Waals surface area contributed by atoms with Crippen LogP contribution in [0.2, 0.25) is 0 Å². The fourth-order valence-electron chi connectivity index (χ4n) is 2.67. The van der Waals surface area contributed by atoms with Crippen molar-refractivity contribution in [1.82, 2.24) is 25.1 Å². The van der Waals surface area contributed by atoms with Gasteiger partial charge < -0.3 is 9.88 Å². The lowest BCUT2D eigenvalue weighted by Crippen LogP contribution is -2.32. The first-order valence-electron chi connectivity index (χ1n) is 9.40. The number of carbonyl (C=O) groups is 1. The summed E-state index contributed by atoms with van der Waals surface area (Å²) in [5.41, 5.74) is 3.69. The summed E-state index contributed by atoms with van der Waals surface area (Å²) in [5.74, 6) is -0.132. The molecule has 0 bridgehead atoms. The van der Waals surface area contributed by atoms with Crippen molar-refractivity contribution < 1.29 is 9.18 Å². The maximum atomic E-state index is 12.3. The number of halogens is 1. The SMILES string of the molecule is CN1CCC1.Cc1ccccc1F.O=Cc1cc2ccc(-c3cn[nH]c3)nc2[nH]1. The smallest absolute Gasteiger partial charge is 0.166 e. The molecular formula is C22H24FN5O. The molecule has 2 N–H and O–H groups in total. The molecule has 1 saturated heterocycles. The normalized spacial score (nSPS) is 12.9. The number of hydrogen-bond acceptors (Lipinski definition) is 4. The van der Waals surface area contributed by atoms with E-state index in [4.69, 9.17) is 0 Å². The number of carbonyl (C=O) groups excluding carboxylic acids is 1. The average molecular weight is 393 g/mol. The quantitative estimate of drug-likeness (QED) is 0.500. The summed E-state index contributed by atoms with van der Waals surface area (Å²) in [6, 6.07) is 12.3. The molecule has 0 radical (unpaired) electrons. The Labute approximate surface area is 168 Å². The molecule has 0 atom stereocenters. The third-order valence-electron chi connectivity index (χ3n) is 4.58. The van der Waals surface area contributed by atoms with Gasteiger partial charge in [0.25, 0.3) is 0 Å². The molecular weight excluding hydrogens is 369 g/mol. The van der Waals surface area contributed by atoms with Gasteiger partial charge in [0.1, 0.15) is 11.5 Å². The van der Waals surface area contributed by atoms with Crippen molar-refractivity contribution in [2.75, 3.05) is 20.1 Å². The molecule has 0 saturated carbocycles. The van der Waals surface area contributed by atoms with E-state index in [0.717, 1.165) is 22.9 Å². The fraction of sp³-hybridized carbons (Fsp3) is 0.227. The zero-order chi connectivity index (χ0) is 20.6. The Morgan fingerprint density at radius 3 is 2.45 bits per heavy atom. The van der Waals surface area contributed by atoms with E-state index < -0.39 is 0 Å². The maximum Gasteiger partial charge on any atom is 0.166 e. The minimum Gasteiger partial charge on any atom is -0.337 e. The Kier molecular flexibility index (Phi) is 6.86. The number of aromatic amines is 2. The number of H-pyrrole nitrogens is 2. The van der Waals surface area contributed by atoms with Crippen molar-refractivity contribution in [3.05, 3.63) is 71.9 Å². The molecule has 6 nitrogen and oxygen atoms in total. The van der Waals surface area contributed by atoms with Crippen molar-refractivity contribution in [3.8, 4) is 11.3 Å². The number of pyridine rings is 1. The second kappa shape index (κ2) is 9.75. The van der Waals surface area contributed by atoms with Gasteiger partial charge in [0.2, 0.25) is 0 Å². The number of aromatic nitrogens is 4. The molecule has 0 unspecified atom stereocenters. The van der Waals surface area contributed by atoms with E-state index in [1.54, 1.807) is 37.5 Å².